The zero-order valence-electron chi connectivity index (χ0n) is 8.22. The van der Waals surface area contributed by atoms with E-state index in [1.165, 1.54) is 0 Å². The van der Waals surface area contributed by atoms with Gasteiger partial charge in [-0.05, 0) is 20.8 Å². The van der Waals surface area contributed by atoms with Crippen molar-refractivity contribution in [1.82, 2.24) is 0 Å². The fraction of sp³-hybridized carbons (Fsp3) is 0.400. The predicted molar refractivity (Wildman–Crippen MR) is 45.7 cm³/mol. The molecular formula is C10H13NaO. The molecule has 1 aromatic carbocycles. The van der Waals surface area contributed by atoms with E-state index in [0.717, 1.165) is 5.75 Å². The Morgan fingerprint density at radius 3 is 2.42 bits per heavy atom. The SMILES string of the molecule is CC(C)(C)Oc1c[c-]ccc1.[Na+]. The summed E-state index contributed by atoms with van der Waals surface area (Å²) < 4.78 is 5.57. The van der Waals surface area contributed by atoms with Crippen LogP contribution < -0.4 is 34.3 Å². The van der Waals surface area contributed by atoms with E-state index in [2.05, 4.69) is 6.07 Å². The van der Waals surface area contributed by atoms with Gasteiger partial charge in [-0.2, -0.15) is 18.2 Å². The predicted octanol–water partition coefficient (Wildman–Crippen LogP) is -0.332. The van der Waals surface area contributed by atoms with E-state index in [0.29, 0.717) is 0 Å². The van der Waals surface area contributed by atoms with Gasteiger partial charge in [-0.15, -0.1) is 12.1 Å². The van der Waals surface area contributed by atoms with Gasteiger partial charge in [0, 0.05) is 5.75 Å². The van der Waals surface area contributed by atoms with Crippen molar-refractivity contribution < 1.29 is 34.3 Å². The molecule has 0 unspecified atom stereocenters. The number of hydrogen-bond acceptors (Lipinski definition) is 1. The third-order valence-corrected chi connectivity index (χ3v) is 1.10. The number of benzene rings is 1. The van der Waals surface area contributed by atoms with Gasteiger partial charge in [0.25, 0.3) is 0 Å². The van der Waals surface area contributed by atoms with Gasteiger partial charge in [-0.25, -0.2) is 0 Å². The van der Waals surface area contributed by atoms with Crippen molar-refractivity contribution in [3.63, 3.8) is 0 Å². The minimum atomic E-state index is -0.116. The molecule has 0 heterocycles. The second kappa shape index (κ2) is 4.90. The Morgan fingerprint density at radius 1 is 1.33 bits per heavy atom. The molecule has 0 amide bonds. The van der Waals surface area contributed by atoms with Crippen LogP contribution >= 0.6 is 0 Å². The van der Waals surface area contributed by atoms with Crippen molar-refractivity contribution in [1.29, 1.82) is 0 Å². The van der Waals surface area contributed by atoms with E-state index in [-0.39, 0.29) is 35.2 Å². The Morgan fingerprint density at radius 2 is 2.00 bits per heavy atom. The van der Waals surface area contributed by atoms with E-state index in [9.17, 15) is 0 Å². The van der Waals surface area contributed by atoms with Crippen LogP contribution in [0.1, 0.15) is 20.8 Å². The second-order valence-electron chi connectivity index (χ2n) is 3.45. The quantitative estimate of drug-likeness (QED) is 0.416. The summed E-state index contributed by atoms with van der Waals surface area (Å²) >= 11 is 0. The van der Waals surface area contributed by atoms with E-state index < -0.39 is 0 Å². The number of rotatable bonds is 1. The molecule has 0 bridgehead atoms. The molecule has 2 heteroatoms. The molecule has 60 valence electrons. The Kier molecular flexibility index (Phi) is 4.91. The van der Waals surface area contributed by atoms with E-state index in [4.69, 9.17) is 4.74 Å². The summed E-state index contributed by atoms with van der Waals surface area (Å²) in [4.78, 5) is 0. The molecule has 0 spiro atoms. The van der Waals surface area contributed by atoms with Crippen molar-refractivity contribution >= 4 is 0 Å². The van der Waals surface area contributed by atoms with Crippen LogP contribution in [0.25, 0.3) is 0 Å². The average molecular weight is 172 g/mol. The maximum atomic E-state index is 5.57. The largest absolute Gasteiger partial charge is 1.00 e. The summed E-state index contributed by atoms with van der Waals surface area (Å²) in [6.45, 7) is 6.08. The van der Waals surface area contributed by atoms with Crippen LogP contribution in [0.15, 0.2) is 24.3 Å². The average Bonchev–Trinajstić information content (AvgIpc) is 1.85. The zero-order chi connectivity index (χ0) is 8.32. The molecule has 0 N–H and O–H groups in total. The van der Waals surface area contributed by atoms with Gasteiger partial charge >= 0.3 is 29.6 Å². The molecule has 0 aromatic heterocycles. The van der Waals surface area contributed by atoms with Crippen molar-refractivity contribution in [2.24, 2.45) is 0 Å². The molecule has 1 rings (SSSR count). The van der Waals surface area contributed by atoms with Gasteiger partial charge in [-0.1, -0.05) is 0 Å². The van der Waals surface area contributed by atoms with Gasteiger partial charge in [0.15, 0.2) is 0 Å². The first-order chi connectivity index (χ1) is 5.08. The third kappa shape index (κ3) is 4.81. The first kappa shape index (κ1) is 12.0. The summed E-state index contributed by atoms with van der Waals surface area (Å²) in [5.41, 5.74) is -0.116. The molecule has 1 aromatic rings. The summed E-state index contributed by atoms with van der Waals surface area (Å²) in [6, 6.07) is 10.5. The molecule has 0 aliphatic heterocycles. The standard InChI is InChI=1S/C10H13O.Na/c1-10(2,3)11-9-7-5-4-6-8-9;/h4-5,7-8H,1-3H3;/q-1;+1. The summed E-state index contributed by atoms with van der Waals surface area (Å²) in [5.74, 6) is 0.875. The minimum Gasteiger partial charge on any atom is -0.547 e. The van der Waals surface area contributed by atoms with Gasteiger partial charge in [0.1, 0.15) is 0 Å². The first-order valence-corrected chi connectivity index (χ1v) is 3.73. The molecule has 0 saturated heterocycles. The van der Waals surface area contributed by atoms with Crippen LogP contribution in [-0.4, -0.2) is 5.60 Å². The monoisotopic (exact) mass is 172 g/mol. The van der Waals surface area contributed by atoms with Crippen LogP contribution in [0.4, 0.5) is 0 Å². The molecule has 1 nitrogen and oxygen atoms in total. The topological polar surface area (TPSA) is 9.23 Å². The fourth-order valence-corrected chi connectivity index (χ4v) is 0.794. The molecule has 12 heavy (non-hydrogen) atoms. The molecule has 0 radical (unpaired) electrons. The van der Waals surface area contributed by atoms with E-state index in [1.807, 2.05) is 45.0 Å². The first-order valence-electron chi connectivity index (χ1n) is 3.73. The fourth-order valence-electron chi connectivity index (χ4n) is 0.794. The molecule has 0 fully saturated rings. The molecule has 0 aliphatic rings. The zero-order valence-corrected chi connectivity index (χ0v) is 10.2. The Hall–Kier alpha value is 0.0200. The van der Waals surface area contributed by atoms with Crippen molar-refractivity contribution in [3.8, 4) is 5.75 Å². The van der Waals surface area contributed by atoms with Crippen molar-refractivity contribution in [2.45, 2.75) is 26.4 Å². The third-order valence-electron chi connectivity index (χ3n) is 1.10. The maximum absolute atomic E-state index is 5.57. The smallest absolute Gasteiger partial charge is 0.547 e. The molecule has 0 atom stereocenters. The summed E-state index contributed by atoms with van der Waals surface area (Å²) in [6.07, 6.45) is 0. The van der Waals surface area contributed by atoms with E-state index in [1.54, 1.807) is 0 Å². The van der Waals surface area contributed by atoms with Gasteiger partial charge < -0.3 is 4.74 Å². The van der Waals surface area contributed by atoms with Crippen LogP contribution in [0.2, 0.25) is 0 Å². The van der Waals surface area contributed by atoms with Crippen molar-refractivity contribution in [3.05, 3.63) is 30.3 Å². The molecular weight excluding hydrogens is 159 g/mol. The van der Waals surface area contributed by atoms with Gasteiger partial charge in [0.2, 0.25) is 0 Å². The molecule has 0 aliphatic carbocycles. The summed E-state index contributed by atoms with van der Waals surface area (Å²) in [5, 5.41) is 0. The Labute approximate surface area is 96.4 Å². The maximum Gasteiger partial charge on any atom is 1.00 e. The van der Waals surface area contributed by atoms with Crippen molar-refractivity contribution in [2.75, 3.05) is 0 Å². The number of ether oxygens (including phenoxy) is 1. The van der Waals surface area contributed by atoms with Gasteiger partial charge in [0.05, 0.1) is 5.60 Å². The number of hydrogen-bond donors (Lipinski definition) is 0. The van der Waals surface area contributed by atoms with Crippen LogP contribution in [0.5, 0.6) is 5.75 Å². The molecule has 0 saturated carbocycles. The Bertz CT molecular complexity index is 213. The summed E-state index contributed by atoms with van der Waals surface area (Å²) in [7, 11) is 0. The Balaban J connectivity index is 0.00000121. The van der Waals surface area contributed by atoms with Crippen LogP contribution in [0.3, 0.4) is 0 Å². The minimum absolute atomic E-state index is 0. The van der Waals surface area contributed by atoms with E-state index >= 15 is 0 Å². The van der Waals surface area contributed by atoms with Crippen LogP contribution in [-0.2, 0) is 0 Å². The second-order valence-corrected chi connectivity index (χ2v) is 3.45. The van der Waals surface area contributed by atoms with Crippen LogP contribution in [0, 0.1) is 6.07 Å². The van der Waals surface area contributed by atoms with Gasteiger partial charge in [-0.3, -0.25) is 0 Å². The normalized spacial score (nSPS) is 10.2.